The average Bonchev–Trinajstić information content (AvgIpc) is 0.860. The second-order valence-electron chi connectivity index (χ2n) is 39.9. The quantitative estimate of drug-likeness (QED) is 0.00845. The Bertz CT molecular complexity index is 4690. The first-order chi connectivity index (χ1) is 69.1. The van der Waals surface area contributed by atoms with Crippen molar-refractivity contribution in [2.45, 2.75) is 364 Å². The fourth-order valence-corrected chi connectivity index (χ4v) is 13.4. The zero-order valence-electron chi connectivity index (χ0n) is 89.2. The fourth-order valence-electron chi connectivity index (χ4n) is 12.6. The number of nitrogens with two attached hydrogens (primary N) is 1. The number of benzene rings is 4. The van der Waals surface area contributed by atoms with Crippen LogP contribution < -0.4 is 51.5 Å². The van der Waals surface area contributed by atoms with Gasteiger partial charge in [0.1, 0.15) is 58.1 Å². The second-order valence-corrected chi connectivity index (χ2v) is 42.8. The number of halogens is 1. The van der Waals surface area contributed by atoms with Crippen LogP contribution in [0.5, 0.6) is 0 Å². The molecule has 42 nitrogen and oxygen atoms in total. The van der Waals surface area contributed by atoms with Crippen LogP contribution in [0.2, 0.25) is 0 Å². The Morgan fingerprint density at radius 2 is 0.570 bits per heavy atom. The number of aryl methyl sites for hydroxylation is 5. The minimum absolute atomic E-state index is 0.00651. The predicted octanol–water partition coefficient (Wildman–Crippen LogP) is 12.5. The molecule has 0 spiro atoms. The van der Waals surface area contributed by atoms with Crippen LogP contribution in [0.1, 0.15) is 299 Å². The molecule has 0 aliphatic carbocycles. The Hall–Kier alpha value is -12.7. The van der Waals surface area contributed by atoms with E-state index < -0.39 is 136 Å². The molecule has 0 radical (unpaired) electrons. The van der Waals surface area contributed by atoms with Crippen molar-refractivity contribution in [3.63, 3.8) is 0 Å². The van der Waals surface area contributed by atoms with Gasteiger partial charge in [0.05, 0.1) is 0 Å². The minimum atomic E-state index is -1.29. The third-order valence-electron chi connectivity index (χ3n) is 19.8. The molecule has 0 unspecified atom stereocenters. The van der Waals surface area contributed by atoms with E-state index in [1.807, 2.05) is 53.7 Å². The average molecular weight is 2410 g/mol. The molecular formula is C105H155AtIN9O33. The summed E-state index contributed by atoms with van der Waals surface area (Å²) in [5, 5.41) is 64.4. The first kappa shape index (κ1) is 145. The van der Waals surface area contributed by atoms with E-state index >= 15 is 0 Å². The third-order valence-corrected chi connectivity index (χ3v) is 21.5. The largest absolute Gasteiger partial charge is 0.480 e. The standard InChI is InChI=1S/C32H52N2O6.C22H40N2O7.C19H25AtN2O6.C19H25IN2O6.C9H13N.4CO2/c1-22-14-16-23(17-15-22)12-11-13-24(35)18-20-26(30(2,3)4)34-29(38)33-25(28(37)40-32(8,9)10)19-21-27(36)39-31(5,6)7;1-20(2,3)15(11-12-16(25)26)24-19(29)23-14(18(28)31-22(7,8)9)10-13-17(27)30-21(4,5)6;2*20-14-8-6-13(7-9-14)3-1-4-15(23)5-2-12-21-19(28)22-16(18(26)27)10-11-17(24)25;1-8-2-4-9(5-3-8)6-7-10;4*2-1-3/h14-17,25-26H,11-13,18-21H2,1-10H3,(H2,33,34,38);14-15H,10-13H2,1-9H3,(H,25,26)(H2,23,24,29);2*6-9,16H,1-5,10-12H2,(H,24,25)(H,26,27)(H2,21,22,28);2-5H,6-7,10H2,1H3;;;;/t25-,26-;14-,15-;2*16-;;;;;/m0000...../s1/i;;20+1;;;;;;. The summed E-state index contributed by atoms with van der Waals surface area (Å²) < 4.78 is 23.9. The van der Waals surface area contributed by atoms with Gasteiger partial charge in [0.2, 0.25) is 0 Å². The van der Waals surface area contributed by atoms with Gasteiger partial charge in [0.15, 0.2) is 0 Å². The number of carboxylic acid groups (broad SMARTS) is 5. The summed E-state index contributed by atoms with van der Waals surface area (Å²) in [6.45, 7) is 37.8. The smallest absolute Gasteiger partial charge is 0.373 e. The monoisotopic (exact) mass is 2410 g/mol. The molecule has 4 rings (SSSR count). The van der Waals surface area contributed by atoms with Crippen molar-refractivity contribution < 1.29 is 184 Å². The van der Waals surface area contributed by atoms with E-state index in [1.54, 1.807) is 108 Å². The van der Waals surface area contributed by atoms with Gasteiger partial charge in [-0.1, -0.05) is 113 Å². The molecule has 6 atom stereocenters. The normalized spacial score (nSPS) is 11.8. The maximum atomic E-state index is 13.0. The molecule has 0 aromatic heterocycles. The number of nitrogens with one attached hydrogen (secondary N) is 8. The van der Waals surface area contributed by atoms with Gasteiger partial charge in [-0.05, 0) is 243 Å². The zero-order valence-corrected chi connectivity index (χ0v) is 94.3. The maximum Gasteiger partial charge on any atom is 0.373 e. The molecule has 0 bridgehead atoms. The van der Waals surface area contributed by atoms with Crippen molar-refractivity contribution in [3.8, 4) is 0 Å². The SMILES string of the molecule is CC(C)(C)OC(=O)CC[C@H](NC(=O)N[C@@H](CCC(=O)O)C(C)(C)C)C(=O)OC(C)(C)C.Cc1ccc(CCCC(=O)CC[C@H](NC(=O)N[C@@H](CCC(=O)OC(C)(C)C)C(=O)OC(C)(C)C)C(C)(C)C)cc1.Cc1ccc(CCN)cc1.O=C(O)CC[C@H](NC(=O)NCCCC(=O)CCCc1ccc(I)cc1)C(=O)O.O=C(O)CC[C@H](NC(=O)NCCCC(=O)CCCc1ccc([211At])cc1)C(=O)O.O=C=O.O=C=O.O=C=O.O=C=O. The first-order valence-electron chi connectivity index (χ1n) is 48.1. The Morgan fingerprint density at radius 1 is 0.322 bits per heavy atom. The van der Waals surface area contributed by atoms with Gasteiger partial charge >= 0.3 is 215 Å². The van der Waals surface area contributed by atoms with Crippen LogP contribution in [-0.4, -0.2) is 224 Å². The van der Waals surface area contributed by atoms with Gasteiger partial charge in [-0.25, -0.2) is 38.4 Å². The van der Waals surface area contributed by atoms with Crippen molar-refractivity contribution in [2.75, 3.05) is 19.6 Å². The molecule has 0 aliphatic heterocycles. The fraction of sp³-hybridized carbons (Fsp3) is 0.581. The van der Waals surface area contributed by atoms with Gasteiger partial charge < -0.3 is 87.4 Å². The topological polar surface area (TPSA) is 670 Å². The Kier molecular flexibility index (Phi) is 78.0. The van der Waals surface area contributed by atoms with Crippen molar-refractivity contribution in [3.05, 3.63) is 134 Å². The zero-order chi connectivity index (χ0) is 115. The molecule has 15 N–H and O–H groups in total. The van der Waals surface area contributed by atoms with E-state index in [2.05, 4.69) is 164 Å². The summed E-state index contributed by atoms with van der Waals surface area (Å²) in [4.78, 5) is 254. The Balaban J connectivity index is -0.000000581. The predicted molar refractivity (Wildman–Crippen MR) is 548 cm³/mol. The number of carbonyl (C=O) groups is 16. The van der Waals surface area contributed by atoms with E-state index in [-0.39, 0.29) is 131 Å². The maximum absolute atomic E-state index is 13.0. The van der Waals surface area contributed by atoms with Crippen molar-refractivity contribution in [2.24, 2.45) is 16.6 Å². The number of Topliss-reactive ketones (excluding diaryl/α,β-unsaturated/α-hetero) is 3. The van der Waals surface area contributed by atoms with Crippen LogP contribution in [0, 0.1) is 53.0 Å². The molecule has 0 saturated heterocycles. The van der Waals surface area contributed by atoms with E-state index in [9.17, 15) is 76.7 Å². The molecule has 4 aromatic carbocycles. The number of hydrogen-bond donors (Lipinski definition) is 14. The third kappa shape index (κ3) is 89.1. The number of aliphatic carboxylic acids is 5. The Morgan fingerprint density at radius 3 is 0.846 bits per heavy atom. The first-order valence-corrected chi connectivity index (χ1v) is 50.7. The van der Waals surface area contributed by atoms with Crippen molar-refractivity contribution in [1.29, 1.82) is 0 Å². The van der Waals surface area contributed by atoms with Gasteiger partial charge in [-0.3, -0.25) is 33.6 Å². The second kappa shape index (κ2) is 80.3. The number of carboxylic acids is 5. The van der Waals surface area contributed by atoms with Crippen LogP contribution in [-0.2, 0) is 141 Å². The van der Waals surface area contributed by atoms with Crippen LogP contribution in [0.3, 0.4) is 0 Å². The molecule has 832 valence electrons. The summed E-state index contributed by atoms with van der Waals surface area (Å²) in [5.41, 5.74) is 9.31. The van der Waals surface area contributed by atoms with Gasteiger partial charge in [0.25, 0.3) is 0 Å². The van der Waals surface area contributed by atoms with Gasteiger partial charge in [-0.2, -0.15) is 38.4 Å². The van der Waals surface area contributed by atoms with Gasteiger partial charge in [0, 0.05) is 80.0 Å². The van der Waals surface area contributed by atoms with E-state index in [4.69, 9.17) is 88.6 Å². The summed E-state index contributed by atoms with van der Waals surface area (Å²) >= 11 is 3.87. The van der Waals surface area contributed by atoms with E-state index in [0.717, 1.165) is 51.5 Å². The van der Waals surface area contributed by atoms with Gasteiger partial charge in [-0.15, -0.1) is 0 Å². The number of hydrogen-bond acceptors (Lipinski definition) is 29. The number of carbonyl (C=O) groups excluding carboxylic acids is 19. The van der Waals surface area contributed by atoms with Crippen molar-refractivity contribution in [1.82, 2.24) is 42.5 Å². The summed E-state index contributed by atoms with van der Waals surface area (Å²) in [6, 6.07) is 25.4. The number of ketones is 3. The molecule has 0 fully saturated rings. The van der Waals surface area contributed by atoms with Crippen LogP contribution >= 0.6 is 22.6 Å². The number of urea groups is 4. The molecule has 0 heterocycles. The van der Waals surface area contributed by atoms with Crippen LogP contribution in [0.4, 0.5) is 19.2 Å². The number of esters is 4. The van der Waals surface area contributed by atoms with Crippen LogP contribution in [0.15, 0.2) is 97.1 Å². The summed E-state index contributed by atoms with van der Waals surface area (Å²) in [6.07, 6.45) is 9.72. The molecule has 0 saturated carbocycles. The molecule has 149 heavy (non-hydrogen) atoms. The molecule has 44 heteroatoms. The molecular weight excluding hydrogens is 2250 g/mol. The minimum Gasteiger partial charge on any atom is -0.480 e. The molecule has 4 aromatic rings. The molecule has 0 aliphatic rings. The van der Waals surface area contributed by atoms with Crippen molar-refractivity contribution >= 4 is 146 Å². The van der Waals surface area contributed by atoms with E-state index in [0.29, 0.717) is 57.8 Å². The van der Waals surface area contributed by atoms with Crippen LogP contribution in [0.25, 0.3) is 0 Å². The van der Waals surface area contributed by atoms with E-state index in [1.165, 1.54) is 40.2 Å². The molecule has 8 amide bonds. The number of amides is 8. The summed E-state index contributed by atoms with van der Waals surface area (Å²) in [7, 11) is 0. The Labute approximate surface area is 900 Å². The number of ether oxygens (including phenoxy) is 4. The number of rotatable bonds is 50. The summed E-state index contributed by atoms with van der Waals surface area (Å²) in [5.74, 6) is -7.63.